The molecule has 9 aromatic rings. The summed E-state index contributed by atoms with van der Waals surface area (Å²) in [5.74, 6) is 0. The monoisotopic (exact) mass is 536 g/mol. The van der Waals surface area contributed by atoms with Crippen LogP contribution in [0.3, 0.4) is 0 Å². The van der Waals surface area contributed by atoms with Gasteiger partial charge in [0.1, 0.15) is 0 Å². The van der Waals surface area contributed by atoms with Crippen molar-refractivity contribution < 1.29 is 0 Å². The van der Waals surface area contributed by atoms with Crippen LogP contribution in [0.5, 0.6) is 0 Å². The summed E-state index contributed by atoms with van der Waals surface area (Å²) in [6, 6.07) is 53.8. The molecule has 0 N–H and O–H groups in total. The Morgan fingerprint density at radius 2 is 0.854 bits per heavy atom. The molecule has 0 spiro atoms. The molecular formula is C40H24S. The lowest BCUT2D eigenvalue weighted by molar-refractivity contribution is 1.63. The van der Waals surface area contributed by atoms with Crippen LogP contribution < -0.4 is 0 Å². The lowest BCUT2D eigenvalue weighted by Gasteiger charge is -2.14. The molecule has 0 aliphatic heterocycles. The van der Waals surface area contributed by atoms with Crippen LogP contribution in [0.2, 0.25) is 0 Å². The fourth-order valence-electron chi connectivity index (χ4n) is 6.60. The molecule has 0 unspecified atom stereocenters. The van der Waals surface area contributed by atoms with Gasteiger partial charge in [0.05, 0.1) is 0 Å². The van der Waals surface area contributed by atoms with Gasteiger partial charge in [0.2, 0.25) is 0 Å². The molecule has 0 atom stereocenters. The Labute approximate surface area is 242 Å². The Balaban J connectivity index is 1.14. The van der Waals surface area contributed by atoms with Gasteiger partial charge in [-0.3, -0.25) is 0 Å². The van der Waals surface area contributed by atoms with E-state index in [0.29, 0.717) is 0 Å². The fourth-order valence-corrected chi connectivity index (χ4v) is 7.66. The molecular weight excluding hydrogens is 513 g/mol. The van der Waals surface area contributed by atoms with E-state index in [0.717, 1.165) is 0 Å². The normalized spacial score (nSPS) is 11.9. The Hall–Kier alpha value is -4.98. The largest absolute Gasteiger partial charge is 0.135 e. The van der Waals surface area contributed by atoms with Crippen molar-refractivity contribution in [2.75, 3.05) is 0 Å². The molecule has 0 saturated heterocycles. The van der Waals surface area contributed by atoms with Gasteiger partial charge < -0.3 is 0 Å². The molecule has 0 aliphatic carbocycles. The summed E-state index contributed by atoms with van der Waals surface area (Å²) in [5, 5.41) is 10.6. The third-order valence-corrected chi connectivity index (χ3v) is 9.79. The molecule has 8 aromatic carbocycles. The van der Waals surface area contributed by atoms with Gasteiger partial charge >= 0.3 is 0 Å². The van der Waals surface area contributed by atoms with Crippen molar-refractivity contribution >= 4 is 63.8 Å². The zero-order valence-corrected chi connectivity index (χ0v) is 23.1. The summed E-state index contributed by atoms with van der Waals surface area (Å²) in [5.41, 5.74) is 7.56. The standard InChI is InChI=1S/C40H24S/c1-2-5-25(6-3-1)31-17-21-37-35(23-31)36-24-32(18-22-38(36)41-37)26-9-11-27(12-10-26)33-19-15-30-14-13-28-7-4-8-29-16-20-34(33)40(30)39(28)29/h1-24H. The highest BCUT2D eigenvalue weighted by atomic mass is 32.1. The van der Waals surface area contributed by atoms with Crippen molar-refractivity contribution in [3.05, 3.63) is 146 Å². The van der Waals surface area contributed by atoms with Gasteiger partial charge in [-0.2, -0.15) is 0 Å². The predicted molar refractivity (Wildman–Crippen MR) is 179 cm³/mol. The maximum absolute atomic E-state index is 2.37. The van der Waals surface area contributed by atoms with Crippen LogP contribution >= 0.6 is 11.3 Å². The van der Waals surface area contributed by atoms with Crippen molar-refractivity contribution in [2.45, 2.75) is 0 Å². The van der Waals surface area contributed by atoms with Crippen LogP contribution in [0.25, 0.3) is 85.9 Å². The van der Waals surface area contributed by atoms with Gasteiger partial charge in [-0.15, -0.1) is 11.3 Å². The average molecular weight is 537 g/mol. The van der Waals surface area contributed by atoms with Crippen LogP contribution in [0, 0.1) is 0 Å². The molecule has 190 valence electrons. The van der Waals surface area contributed by atoms with Crippen molar-refractivity contribution in [1.82, 2.24) is 0 Å². The van der Waals surface area contributed by atoms with Gasteiger partial charge in [0, 0.05) is 20.2 Å². The van der Waals surface area contributed by atoms with Gasteiger partial charge in [0.15, 0.2) is 0 Å². The highest BCUT2D eigenvalue weighted by molar-refractivity contribution is 7.25. The van der Waals surface area contributed by atoms with Crippen LogP contribution in [0.15, 0.2) is 146 Å². The maximum Gasteiger partial charge on any atom is 0.0355 e. The van der Waals surface area contributed by atoms with E-state index in [1.54, 1.807) is 0 Å². The highest BCUT2D eigenvalue weighted by Gasteiger charge is 2.13. The minimum Gasteiger partial charge on any atom is -0.135 e. The number of fused-ring (bicyclic) bond motifs is 3. The first-order valence-electron chi connectivity index (χ1n) is 14.1. The van der Waals surface area contributed by atoms with E-state index in [2.05, 4.69) is 146 Å². The first kappa shape index (κ1) is 22.8. The number of benzene rings is 8. The first-order chi connectivity index (χ1) is 20.3. The molecule has 0 radical (unpaired) electrons. The van der Waals surface area contributed by atoms with Gasteiger partial charge in [0.25, 0.3) is 0 Å². The van der Waals surface area contributed by atoms with E-state index < -0.39 is 0 Å². The first-order valence-corrected chi connectivity index (χ1v) is 14.9. The fraction of sp³-hybridized carbons (Fsp3) is 0. The van der Waals surface area contributed by atoms with Gasteiger partial charge in [-0.05, 0) is 90.0 Å². The van der Waals surface area contributed by atoms with Crippen LogP contribution in [0.1, 0.15) is 0 Å². The average Bonchev–Trinajstić information content (AvgIpc) is 3.41. The molecule has 1 heterocycles. The predicted octanol–water partition coefficient (Wildman–Crippen LogP) is 12.0. The minimum atomic E-state index is 1.24. The number of thiophene rings is 1. The summed E-state index contributed by atoms with van der Waals surface area (Å²) >= 11 is 1.87. The second kappa shape index (κ2) is 8.76. The van der Waals surface area contributed by atoms with Crippen LogP contribution in [-0.2, 0) is 0 Å². The molecule has 1 aromatic heterocycles. The third-order valence-electron chi connectivity index (χ3n) is 8.63. The topological polar surface area (TPSA) is 0 Å². The lowest BCUT2D eigenvalue weighted by Crippen LogP contribution is -1.87. The number of hydrogen-bond donors (Lipinski definition) is 0. The van der Waals surface area contributed by atoms with Crippen molar-refractivity contribution in [2.24, 2.45) is 0 Å². The van der Waals surface area contributed by atoms with Crippen molar-refractivity contribution in [3.8, 4) is 33.4 Å². The second-order valence-corrected chi connectivity index (χ2v) is 12.0. The summed E-state index contributed by atoms with van der Waals surface area (Å²) in [7, 11) is 0. The van der Waals surface area contributed by atoms with E-state index in [9.17, 15) is 0 Å². The zero-order valence-electron chi connectivity index (χ0n) is 22.3. The van der Waals surface area contributed by atoms with Crippen molar-refractivity contribution in [1.29, 1.82) is 0 Å². The molecule has 0 amide bonds. The molecule has 41 heavy (non-hydrogen) atoms. The second-order valence-electron chi connectivity index (χ2n) is 10.9. The minimum absolute atomic E-state index is 1.24. The van der Waals surface area contributed by atoms with Gasteiger partial charge in [-0.25, -0.2) is 0 Å². The maximum atomic E-state index is 2.37. The Morgan fingerprint density at radius 1 is 0.317 bits per heavy atom. The SMILES string of the molecule is c1ccc(-c2ccc3sc4ccc(-c5ccc(-c6ccc7ccc8cccc9ccc6c7c89)cc5)cc4c3c2)cc1. The van der Waals surface area contributed by atoms with E-state index in [1.807, 2.05) is 11.3 Å². The Bertz CT molecular complexity index is 2380. The zero-order chi connectivity index (χ0) is 26.9. The van der Waals surface area contributed by atoms with E-state index in [-0.39, 0.29) is 0 Å². The Kier molecular flexibility index (Phi) is 4.87. The van der Waals surface area contributed by atoms with E-state index in [4.69, 9.17) is 0 Å². The van der Waals surface area contributed by atoms with Crippen molar-refractivity contribution in [3.63, 3.8) is 0 Å². The lowest BCUT2D eigenvalue weighted by atomic mass is 9.89. The number of hydrogen-bond acceptors (Lipinski definition) is 1. The van der Waals surface area contributed by atoms with E-state index >= 15 is 0 Å². The van der Waals surface area contributed by atoms with Crippen LogP contribution in [-0.4, -0.2) is 0 Å². The number of rotatable bonds is 3. The van der Waals surface area contributed by atoms with E-state index in [1.165, 1.54) is 85.9 Å². The third kappa shape index (κ3) is 3.53. The van der Waals surface area contributed by atoms with Crippen LogP contribution in [0.4, 0.5) is 0 Å². The molecule has 0 aliphatic rings. The molecule has 9 rings (SSSR count). The quantitative estimate of drug-likeness (QED) is 0.197. The van der Waals surface area contributed by atoms with Gasteiger partial charge in [-0.1, -0.05) is 121 Å². The molecule has 1 heteroatoms. The smallest absolute Gasteiger partial charge is 0.0355 e. The molecule has 0 nitrogen and oxygen atoms in total. The summed E-state index contributed by atoms with van der Waals surface area (Å²) in [6.45, 7) is 0. The summed E-state index contributed by atoms with van der Waals surface area (Å²) in [4.78, 5) is 0. The summed E-state index contributed by atoms with van der Waals surface area (Å²) < 4.78 is 2.67. The molecule has 0 saturated carbocycles. The molecule has 0 fully saturated rings. The molecule has 0 bridgehead atoms. The summed E-state index contributed by atoms with van der Waals surface area (Å²) in [6.07, 6.45) is 0. The Morgan fingerprint density at radius 3 is 1.54 bits per heavy atom. The highest BCUT2D eigenvalue weighted by Crippen LogP contribution is 2.41.